The van der Waals surface area contributed by atoms with E-state index in [4.69, 9.17) is 4.98 Å². The Morgan fingerprint density at radius 1 is 1.00 bits per heavy atom. The molecule has 2 atom stereocenters. The second kappa shape index (κ2) is 9.06. The molecule has 31 heavy (non-hydrogen) atoms. The Bertz CT molecular complexity index is 1090. The molecule has 2 aromatic heterocycles. The average molecular weight is 421 g/mol. The van der Waals surface area contributed by atoms with Crippen LogP contribution in [0, 0.1) is 5.92 Å². The van der Waals surface area contributed by atoms with Crippen molar-refractivity contribution >= 4 is 22.7 Å². The third-order valence-corrected chi connectivity index (χ3v) is 6.26. The zero-order chi connectivity index (χ0) is 22.0. The van der Waals surface area contributed by atoms with Gasteiger partial charge in [-0.1, -0.05) is 26.0 Å². The quantitative estimate of drug-likeness (QED) is 0.635. The highest BCUT2D eigenvalue weighted by atomic mass is 16.1. The molecule has 7 nitrogen and oxygen atoms in total. The standard InChI is InChI=1S/C24H32N6O/c1-16(2)18(4)30-22(31)10-7-20-15-26-24(28-23(20)30)27-17(3)19-5-8-21(9-6-19)29-13-11-25-12-14-29/h5-10,15-18,25H,11-14H2,1-4H3,(H,26,27,28). The van der Waals surface area contributed by atoms with Gasteiger partial charge in [0.1, 0.15) is 5.65 Å². The summed E-state index contributed by atoms with van der Waals surface area (Å²) in [4.78, 5) is 24.2. The van der Waals surface area contributed by atoms with E-state index in [1.54, 1.807) is 22.9 Å². The summed E-state index contributed by atoms with van der Waals surface area (Å²) >= 11 is 0. The van der Waals surface area contributed by atoms with Gasteiger partial charge < -0.3 is 15.5 Å². The van der Waals surface area contributed by atoms with Gasteiger partial charge in [-0.2, -0.15) is 4.98 Å². The zero-order valence-electron chi connectivity index (χ0n) is 18.8. The second-order valence-corrected chi connectivity index (χ2v) is 8.69. The molecule has 1 saturated heterocycles. The van der Waals surface area contributed by atoms with Gasteiger partial charge >= 0.3 is 0 Å². The lowest BCUT2D eigenvalue weighted by Crippen LogP contribution is -2.43. The van der Waals surface area contributed by atoms with Crippen LogP contribution in [0.5, 0.6) is 0 Å². The highest BCUT2D eigenvalue weighted by molar-refractivity contribution is 5.75. The lowest BCUT2D eigenvalue weighted by molar-refractivity contribution is 0.407. The maximum Gasteiger partial charge on any atom is 0.252 e. The number of benzene rings is 1. The SMILES string of the molecule is CC(Nc1ncc2ccc(=O)n(C(C)C(C)C)c2n1)c1ccc(N2CCNCC2)cc1. The van der Waals surface area contributed by atoms with Gasteiger partial charge in [-0.15, -0.1) is 0 Å². The molecule has 0 bridgehead atoms. The monoisotopic (exact) mass is 420 g/mol. The van der Waals surface area contributed by atoms with Crippen molar-refractivity contribution in [2.75, 3.05) is 36.4 Å². The molecule has 0 saturated carbocycles. The number of hydrogen-bond donors (Lipinski definition) is 2. The Kier molecular flexibility index (Phi) is 6.23. The van der Waals surface area contributed by atoms with Gasteiger partial charge in [0.25, 0.3) is 5.56 Å². The predicted octanol–water partition coefficient (Wildman–Crippen LogP) is 3.59. The first-order valence-corrected chi connectivity index (χ1v) is 11.1. The number of nitrogens with zero attached hydrogens (tertiary/aromatic N) is 4. The van der Waals surface area contributed by atoms with Crippen molar-refractivity contribution in [2.45, 2.75) is 39.8 Å². The fourth-order valence-corrected chi connectivity index (χ4v) is 3.97. The van der Waals surface area contributed by atoms with Gasteiger partial charge in [-0.3, -0.25) is 9.36 Å². The first-order chi connectivity index (χ1) is 14.9. The van der Waals surface area contributed by atoms with E-state index in [2.05, 4.69) is 72.5 Å². The molecular weight excluding hydrogens is 388 g/mol. The average Bonchev–Trinajstić information content (AvgIpc) is 2.79. The zero-order valence-corrected chi connectivity index (χ0v) is 18.8. The van der Waals surface area contributed by atoms with Crippen LogP contribution in [0.3, 0.4) is 0 Å². The minimum absolute atomic E-state index is 0.0325. The normalized spacial score (nSPS) is 16.5. The maximum absolute atomic E-state index is 12.6. The minimum atomic E-state index is -0.0325. The molecule has 164 valence electrons. The Hall–Kier alpha value is -2.93. The van der Waals surface area contributed by atoms with Crippen molar-refractivity contribution in [1.82, 2.24) is 19.9 Å². The third kappa shape index (κ3) is 4.56. The van der Waals surface area contributed by atoms with Crippen LogP contribution in [0.4, 0.5) is 11.6 Å². The van der Waals surface area contributed by atoms with Crippen molar-refractivity contribution in [1.29, 1.82) is 0 Å². The maximum atomic E-state index is 12.6. The van der Waals surface area contributed by atoms with E-state index in [0.29, 0.717) is 17.5 Å². The van der Waals surface area contributed by atoms with Crippen LogP contribution >= 0.6 is 0 Å². The molecule has 3 heterocycles. The van der Waals surface area contributed by atoms with Crippen molar-refractivity contribution in [3.8, 4) is 0 Å². The highest BCUT2D eigenvalue weighted by Crippen LogP contribution is 2.24. The molecule has 2 unspecified atom stereocenters. The lowest BCUT2D eigenvalue weighted by Gasteiger charge is -2.29. The van der Waals surface area contributed by atoms with Crippen molar-refractivity contribution < 1.29 is 0 Å². The van der Waals surface area contributed by atoms with Crippen LogP contribution in [-0.2, 0) is 0 Å². The lowest BCUT2D eigenvalue weighted by atomic mass is 10.1. The van der Waals surface area contributed by atoms with Crippen LogP contribution in [0.25, 0.3) is 11.0 Å². The Labute approximate surface area is 183 Å². The van der Waals surface area contributed by atoms with Crippen molar-refractivity contribution in [3.63, 3.8) is 0 Å². The largest absolute Gasteiger partial charge is 0.369 e. The van der Waals surface area contributed by atoms with Crippen LogP contribution in [0.1, 0.15) is 45.3 Å². The molecule has 0 radical (unpaired) electrons. The first kappa shape index (κ1) is 21.3. The fourth-order valence-electron chi connectivity index (χ4n) is 3.97. The number of piperazine rings is 1. The third-order valence-electron chi connectivity index (χ3n) is 6.26. The van der Waals surface area contributed by atoms with E-state index in [1.165, 1.54) is 11.3 Å². The summed E-state index contributed by atoms with van der Waals surface area (Å²) < 4.78 is 1.78. The molecule has 0 spiro atoms. The number of hydrogen-bond acceptors (Lipinski definition) is 6. The number of rotatable bonds is 6. The summed E-state index contributed by atoms with van der Waals surface area (Å²) in [6.45, 7) is 12.5. The Morgan fingerprint density at radius 2 is 1.71 bits per heavy atom. The van der Waals surface area contributed by atoms with Crippen molar-refractivity contribution in [3.05, 3.63) is 58.5 Å². The number of aromatic nitrogens is 3. The topological polar surface area (TPSA) is 75.1 Å². The molecule has 1 aliphatic heterocycles. The van der Waals surface area contributed by atoms with Crippen LogP contribution < -0.4 is 21.1 Å². The summed E-state index contributed by atoms with van der Waals surface area (Å²) in [5.74, 6) is 0.851. The van der Waals surface area contributed by atoms with Gasteiger partial charge in [0.05, 0.1) is 6.04 Å². The number of fused-ring (bicyclic) bond motifs is 1. The van der Waals surface area contributed by atoms with Gasteiger partial charge in [0.15, 0.2) is 0 Å². The fraction of sp³-hybridized carbons (Fsp3) is 0.458. The molecule has 1 aliphatic rings. The molecule has 0 aliphatic carbocycles. The number of pyridine rings is 1. The van der Waals surface area contributed by atoms with E-state index in [1.807, 2.05) is 0 Å². The van der Waals surface area contributed by atoms with Gasteiger partial charge in [-0.05, 0) is 43.5 Å². The molecule has 1 aromatic carbocycles. The molecule has 3 aromatic rings. The number of anilines is 2. The summed E-state index contributed by atoms with van der Waals surface area (Å²) in [5.41, 5.74) is 3.07. The molecule has 0 amide bonds. The van der Waals surface area contributed by atoms with Gasteiger partial charge in [0, 0.05) is 55.6 Å². The van der Waals surface area contributed by atoms with E-state index in [9.17, 15) is 4.79 Å². The molecule has 7 heteroatoms. The Balaban J connectivity index is 1.56. The Morgan fingerprint density at radius 3 is 2.39 bits per heavy atom. The first-order valence-electron chi connectivity index (χ1n) is 11.1. The molecule has 2 N–H and O–H groups in total. The van der Waals surface area contributed by atoms with E-state index in [-0.39, 0.29) is 17.6 Å². The summed E-state index contributed by atoms with van der Waals surface area (Å²) in [7, 11) is 0. The smallest absolute Gasteiger partial charge is 0.252 e. The summed E-state index contributed by atoms with van der Waals surface area (Å²) in [6.07, 6.45) is 1.79. The predicted molar refractivity (Wildman–Crippen MR) is 127 cm³/mol. The van der Waals surface area contributed by atoms with Gasteiger partial charge in [0.2, 0.25) is 5.95 Å². The van der Waals surface area contributed by atoms with E-state index >= 15 is 0 Å². The van der Waals surface area contributed by atoms with Crippen LogP contribution in [-0.4, -0.2) is 40.7 Å². The van der Waals surface area contributed by atoms with E-state index in [0.717, 1.165) is 31.6 Å². The van der Waals surface area contributed by atoms with E-state index < -0.39 is 0 Å². The highest BCUT2D eigenvalue weighted by Gasteiger charge is 2.17. The van der Waals surface area contributed by atoms with Crippen LogP contribution in [0.15, 0.2) is 47.4 Å². The van der Waals surface area contributed by atoms with Crippen LogP contribution in [0.2, 0.25) is 0 Å². The second-order valence-electron chi connectivity index (χ2n) is 8.69. The van der Waals surface area contributed by atoms with Crippen molar-refractivity contribution in [2.24, 2.45) is 5.92 Å². The molecular formula is C24H32N6O. The van der Waals surface area contributed by atoms with Gasteiger partial charge in [-0.25, -0.2) is 4.98 Å². The summed E-state index contributed by atoms with van der Waals surface area (Å²) in [6, 6.07) is 12.2. The molecule has 1 fully saturated rings. The minimum Gasteiger partial charge on any atom is -0.369 e. The molecule has 4 rings (SSSR count). The number of nitrogens with one attached hydrogen (secondary N) is 2. The summed E-state index contributed by atoms with van der Waals surface area (Å²) in [5, 5.41) is 7.66.